The standard InChI is InChI=1S/C20H23ClN2O4/c1-14(22-19-8-7-16(23(24)25)13-18(19)21)20(15-5-3-2-4-6-15)27-17-9-11-26-12-10-17/h2-8,13-14,17,20,22H,9-12H2,1H3. The fourth-order valence-corrected chi connectivity index (χ4v) is 3.43. The van der Waals surface area contributed by atoms with Gasteiger partial charge in [0.1, 0.15) is 6.10 Å². The first-order chi connectivity index (χ1) is 13.0. The number of nitro benzene ring substituents is 1. The van der Waals surface area contributed by atoms with Crippen molar-refractivity contribution in [3.05, 3.63) is 69.2 Å². The molecule has 3 rings (SSSR count). The molecule has 0 aromatic heterocycles. The molecule has 0 saturated carbocycles. The second-order valence-corrected chi connectivity index (χ2v) is 7.04. The molecule has 2 atom stereocenters. The van der Waals surface area contributed by atoms with Crippen molar-refractivity contribution < 1.29 is 14.4 Å². The molecule has 1 aliphatic rings. The molecule has 2 aromatic rings. The van der Waals surface area contributed by atoms with Gasteiger partial charge in [-0.25, -0.2) is 0 Å². The van der Waals surface area contributed by atoms with E-state index in [1.165, 1.54) is 12.1 Å². The Morgan fingerprint density at radius 3 is 2.56 bits per heavy atom. The smallest absolute Gasteiger partial charge is 0.271 e. The molecule has 0 amide bonds. The summed E-state index contributed by atoms with van der Waals surface area (Å²) in [5, 5.41) is 14.6. The van der Waals surface area contributed by atoms with E-state index in [-0.39, 0.29) is 23.9 Å². The maximum Gasteiger partial charge on any atom is 0.271 e. The Morgan fingerprint density at radius 2 is 1.93 bits per heavy atom. The first-order valence-electron chi connectivity index (χ1n) is 9.03. The molecule has 0 radical (unpaired) electrons. The van der Waals surface area contributed by atoms with Crippen LogP contribution in [-0.4, -0.2) is 30.3 Å². The van der Waals surface area contributed by atoms with Crippen LogP contribution < -0.4 is 5.32 Å². The molecule has 0 bridgehead atoms. The molecule has 0 spiro atoms. The van der Waals surface area contributed by atoms with Crippen LogP contribution in [0.25, 0.3) is 0 Å². The van der Waals surface area contributed by atoms with Crippen LogP contribution in [0.1, 0.15) is 31.4 Å². The maximum absolute atomic E-state index is 10.9. The number of nitro groups is 1. The average Bonchev–Trinajstić information content (AvgIpc) is 2.69. The zero-order valence-corrected chi connectivity index (χ0v) is 15.9. The molecule has 1 N–H and O–H groups in total. The molecule has 144 valence electrons. The van der Waals surface area contributed by atoms with Gasteiger partial charge in [0.25, 0.3) is 5.69 Å². The van der Waals surface area contributed by atoms with Gasteiger partial charge in [-0.1, -0.05) is 41.9 Å². The molecule has 27 heavy (non-hydrogen) atoms. The third-order valence-corrected chi connectivity index (χ3v) is 4.95. The minimum Gasteiger partial charge on any atom is -0.381 e. The lowest BCUT2D eigenvalue weighted by molar-refractivity contribution is -0.384. The Balaban J connectivity index is 1.78. The largest absolute Gasteiger partial charge is 0.381 e. The molecule has 1 aliphatic heterocycles. The van der Waals surface area contributed by atoms with Gasteiger partial charge in [-0.15, -0.1) is 0 Å². The zero-order chi connectivity index (χ0) is 19.2. The highest BCUT2D eigenvalue weighted by molar-refractivity contribution is 6.33. The molecule has 1 saturated heterocycles. The topological polar surface area (TPSA) is 73.6 Å². The molecule has 7 heteroatoms. The lowest BCUT2D eigenvalue weighted by atomic mass is 10.0. The summed E-state index contributed by atoms with van der Waals surface area (Å²) >= 11 is 6.24. The molecule has 1 fully saturated rings. The quantitative estimate of drug-likeness (QED) is 0.532. The number of benzene rings is 2. The van der Waals surface area contributed by atoms with Crippen molar-refractivity contribution in [2.45, 2.75) is 38.0 Å². The summed E-state index contributed by atoms with van der Waals surface area (Å²) in [6.07, 6.45) is 1.70. The highest BCUT2D eigenvalue weighted by Gasteiger charge is 2.26. The van der Waals surface area contributed by atoms with Gasteiger partial charge >= 0.3 is 0 Å². The summed E-state index contributed by atoms with van der Waals surface area (Å²) in [7, 11) is 0. The van der Waals surface area contributed by atoms with Crippen LogP contribution in [0.2, 0.25) is 5.02 Å². The van der Waals surface area contributed by atoms with Gasteiger partial charge in [0.05, 0.1) is 27.8 Å². The number of non-ortho nitro benzene ring substituents is 1. The lowest BCUT2D eigenvalue weighted by Crippen LogP contribution is -2.32. The number of ether oxygens (including phenoxy) is 2. The maximum atomic E-state index is 10.9. The van der Waals surface area contributed by atoms with Crippen molar-refractivity contribution in [3.8, 4) is 0 Å². The first-order valence-corrected chi connectivity index (χ1v) is 9.41. The van der Waals surface area contributed by atoms with Gasteiger partial charge in [0, 0.05) is 25.3 Å². The van der Waals surface area contributed by atoms with E-state index < -0.39 is 4.92 Å². The number of halogens is 1. The zero-order valence-electron chi connectivity index (χ0n) is 15.1. The number of anilines is 1. The minimum absolute atomic E-state index is 0.0312. The molecular formula is C20H23ClN2O4. The van der Waals surface area contributed by atoms with Crippen LogP contribution in [0.4, 0.5) is 11.4 Å². The summed E-state index contributed by atoms with van der Waals surface area (Å²) in [6, 6.07) is 14.4. The van der Waals surface area contributed by atoms with Crippen LogP contribution in [0, 0.1) is 10.1 Å². The van der Waals surface area contributed by atoms with Gasteiger partial charge in [0.2, 0.25) is 0 Å². The van der Waals surface area contributed by atoms with Crippen molar-refractivity contribution in [1.29, 1.82) is 0 Å². The summed E-state index contributed by atoms with van der Waals surface area (Å²) in [4.78, 5) is 10.4. The van der Waals surface area contributed by atoms with E-state index in [0.717, 1.165) is 18.4 Å². The fraction of sp³-hybridized carbons (Fsp3) is 0.400. The van der Waals surface area contributed by atoms with Gasteiger partial charge < -0.3 is 14.8 Å². The van der Waals surface area contributed by atoms with E-state index in [0.29, 0.717) is 23.9 Å². The number of nitrogens with one attached hydrogen (secondary N) is 1. The SMILES string of the molecule is CC(Nc1ccc([N+](=O)[O-])cc1Cl)C(OC1CCOCC1)c1ccccc1. The second-order valence-electron chi connectivity index (χ2n) is 6.63. The Bertz CT molecular complexity index is 766. The Hall–Kier alpha value is -2.15. The summed E-state index contributed by atoms with van der Waals surface area (Å²) in [5.41, 5.74) is 1.68. The molecule has 1 heterocycles. The molecule has 2 unspecified atom stereocenters. The average molecular weight is 391 g/mol. The van der Waals surface area contributed by atoms with Crippen molar-refractivity contribution >= 4 is 23.0 Å². The Kier molecular flexibility index (Phi) is 6.66. The van der Waals surface area contributed by atoms with Crippen LogP contribution in [0.15, 0.2) is 48.5 Å². The van der Waals surface area contributed by atoms with Gasteiger partial charge in [-0.3, -0.25) is 10.1 Å². The van der Waals surface area contributed by atoms with E-state index in [9.17, 15) is 10.1 Å². The van der Waals surface area contributed by atoms with Crippen molar-refractivity contribution in [2.24, 2.45) is 0 Å². The number of nitrogens with zero attached hydrogens (tertiary/aromatic N) is 1. The predicted octanol–water partition coefficient (Wildman–Crippen LogP) is 4.99. The summed E-state index contributed by atoms with van der Waals surface area (Å²) in [6.45, 7) is 3.44. The number of rotatable bonds is 7. The fourth-order valence-electron chi connectivity index (χ4n) is 3.20. The van der Waals surface area contributed by atoms with Gasteiger partial charge in [0.15, 0.2) is 0 Å². The van der Waals surface area contributed by atoms with Crippen molar-refractivity contribution in [3.63, 3.8) is 0 Å². The third kappa shape index (κ3) is 5.19. The predicted molar refractivity (Wildman–Crippen MR) is 105 cm³/mol. The molecule has 6 nitrogen and oxygen atoms in total. The van der Waals surface area contributed by atoms with Crippen molar-refractivity contribution in [2.75, 3.05) is 18.5 Å². The summed E-state index contributed by atoms with van der Waals surface area (Å²) in [5.74, 6) is 0. The van der Waals surface area contributed by atoms with Crippen molar-refractivity contribution in [1.82, 2.24) is 0 Å². The van der Waals surface area contributed by atoms with Crippen LogP contribution >= 0.6 is 11.6 Å². The highest BCUT2D eigenvalue weighted by atomic mass is 35.5. The highest BCUT2D eigenvalue weighted by Crippen LogP contribution is 2.32. The van der Waals surface area contributed by atoms with Gasteiger partial charge in [-0.2, -0.15) is 0 Å². The molecular weight excluding hydrogens is 368 g/mol. The van der Waals surface area contributed by atoms with E-state index >= 15 is 0 Å². The third-order valence-electron chi connectivity index (χ3n) is 4.64. The normalized spacial score (nSPS) is 17.3. The Labute approximate surface area is 163 Å². The number of hydrogen-bond acceptors (Lipinski definition) is 5. The molecule has 0 aliphatic carbocycles. The number of hydrogen-bond donors (Lipinski definition) is 1. The van der Waals surface area contributed by atoms with E-state index in [1.807, 2.05) is 37.3 Å². The second kappa shape index (κ2) is 9.17. The Morgan fingerprint density at radius 1 is 1.22 bits per heavy atom. The lowest BCUT2D eigenvalue weighted by Gasteiger charge is -2.32. The first kappa shape index (κ1) is 19.6. The van der Waals surface area contributed by atoms with Crippen LogP contribution in [0.5, 0.6) is 0 Å². The van der Waals surface area contributed by atoms with E-state index in [2.05, 4.69) is 5.32 Å². The van der Waals surface area contributed by atoms with E-state index in [4.69, 9.17) is 21.1 Å². The molecule has 2 aromatic carbocycles. The summed E-state index contributed by atoms with van der Waals surface area (Å²) < 4.78 is 11.8. The van der Waals surface area contributed by atoms with Gasteiger partial charge in [-0.05, 0) is 31.4 Å². The van der Waals surface area contributed by atoms with Crippen LogP contribution in [-0.2, 0) is 9.47 Å². The minimum atomic E-state index is -0.458. The monoisotopic (exact) mass is 390 g/mol. The van der Waals surface area contributed by atoms with Crippen LogP contribution in [0.3, 0.4) is 0 Å². The van der Waals surface area contributed by atoms with E-state index in [1.54, 1.807) is 6.07 Å².